The Morgan fingerprint density at radius 2 is 2.11 bits per heavy atom. The summed E-state index contributed by atoms with van der Waals surface area (Å²) in [5.74, 6) is 0.278. The van der Waals surface area contributed by atoms with Crippen molar-refractivity contribution in [3.05, 3.63) is 15.5 Å². The Hall–Kier alpha value is -0.840. The van der Waals surface area contributed by atoms with Crippen LogP contribution in [0.25, 0.3) is 5.43 Å². The molecule has 0 aromatic carbocycles. The van der Waals surface area contributed by atoms with Crippen LogP contribution in [0.2, 0.25) is 0 Å². The zero-order valence-corrected chi connectivity index (χ0v) is 6.00. The van der Waals surface area contributed by atoms with Gasteiger partial charge in [-0.25, -0.2) is 0 Å². The van der Waals surface area contributed by atoms with E-state index in [-0.39, 0.29) is 12.1 Å². The molecule has 56 valence electrons. The highest BCUT2D eigenvalue weighted by atomic mass is 16.7. The summed E-state index contributed by atoms with van der Waals surface area (Å²) >= 11 is 0. The second-order valence-corrected chi connectivity index (χ2v) is 1.96. The predicted molar refractivity (Wildman–Crippen MR) is 36.0 cm³/mol. The normalized spacial score (nSPS) is 8.33. The van der Waals surface area contributed by atoms with Crippen molar-refractivity contribution in [2.45, 2.75) is 13.8 Å². The van der Waals surface area contributed by atoms with Gasteiger partial charge in [-0.1, -0.05) is 26.3 Å². The average Bonchev–Trinajstić information content (AvgIpc) is 1.61. The van der Waals surface area contributed by atoms with Gasteiger partial charge in [0.2, 0.25) is 0 Å². The fraction of sp³-hybridized carbons (Fsp3) is 1.00. The smallest absolute Gasteiger partial charge is 0.0127 e. The molecule has 9 heavy (non-hydrogen) atoms. The molecule has 0 saturated carbocycles. The van der Waals surface area contributed by atoms with Gasteiger partial charge in [0.25, 0.3) is 0 Å². The Morgan fingerprint density at radius 3 is 2.22 bits per heavy atom. The maximum atomic E-state index is 9.54. The van der Waals surface area contributed by atoms with Crippen molar-refractivity contribution < 1.29 is 5.03 Å². The van der Waals surface area contributed by atoms with Crippen LogP contribution in [0.15, 0.2) is 0 Å². The molecular weight excluding hydrogens is 122 g/mol. The lowest BCUT2D eigenvalue weighted by Crippen LogP contribution is -1.99. The van der Waals surface area contributed by atoms with E-state index in [4.69, 9.17) is 0 Å². The quantitative estimate of drug-likeness (QED) is 0.469. The summed E-state index contributed by atoms with van der Waals surface area (Å²) in [4.78, 5) is 9.54. The van der Waals surface area contributed by atoms with Crippen LogP contribution >= 0.6 is 0 Å². The molecule has 0 aliphatic carbocycles. The third kappa shape index (κ3) is 11.0. The summed E-state index contributed by atoms with van der Waals surface area (Å²) < 4.78 is 0. The third-order valence-corrected chi connectivity index (χ3v) is 0.562. The summed E-state index contributed by atoms with van der Waals surface area (Å²) in [5, 5.41) is 8.89. The van der Waals surface area contributed by atoms with Crippen LogP contribution in [-0.4, -0.2) is 11.6 Å². The van der Waals surface area contributed by atoms with Crippen LogP contribution in [0, 0.1) is 16.0 Å². The van der Waals surface area contributed by atoms with E-state index in [2.05, 4.69) is 5.43 Å². The van der Waals surface area contributed by atoms with Crippen molar-refractivity contribution in [2.24, 2.45) is 5.92 Å². The largest absolute Gasteiger partial charge is 0.379 e. The highest BCUT2D eigenvalue weighted by Crippen LogP contribution is 1.96. The molecule has 0 aliphatic rings. The van der Waals surface area contributed by atoms with Gasteiger partial charge in [-0.2, -0.15) is 0 Å². The highest BCUT2D eigenvalue weighted by Gasteiger charge is 1.85. The second kappa shape index (κ2) is 5.30. The Balaban J connectivity index is 0. The minimum absolute atomic E-state index is 0. The molecule has 0 aliphatic heterocycles. The number of hydrogen-bond donors (Lipinski definition) is 1. The van der Waals surface area contributed by atoms with Gasteiger partial charge in [0.15, 0.2) is 0 Å². The van der Waals surface area contributed by atoms with Crippen molar-refractivity contribution in [2.75, 3.05) is 6.54 Å². The molecule has 0 rings (SSSR count). The lowest BCUT2D eigenvalue weighted by atomic mass is 10.2. The number of quaternary nitrogens is 1. The van der Waals surface area contributed by atoms with E-state index in [1.165, 1.54) is 0 Å². The SMILES string of the molecule is CC(C)C[N-][N+](=O)[O-].[NH4+]. The molecular formula is C4H13N3O2. The predicted octanol–water partition coefficient (Wildman–Crippen LogP) is 1.58. The number of nitro groups is 1. The highest BCUT2D eigenvalue weighted by molar-refractivity contribution is 4.62. The van der Waals surface area contributed by atoms with Crippen molar-refractivity contribution in [3.8, 4) is 0 Å². The standard InChI is InChI=1S/C4H9N2O2.H3N/c1-4(2)3-5-6(7)8;/h4H,3H2,1-2H3;1H3/q-1;/p+1. The first-order valence-corrected chi connectivity index (χ1v) is 2.44. The molecule has 4 N–H and O–H groups in total. The maximum absolute atomic E-state index is 9.54. The molecule has 5 heteroatoms. The van der Waals surface area contributed by atoms with E-state index in [1.54, 1.807) is 0 Å². The van der Waals surface area contributed by atoms with E-state index in [0.29, 0.717) is 6.54 Å². The molecule has 5 nitrogen and oxygen atoms in total. The maximum Gasteiger partial charge on any atom is -0.0127 e. The van der Waals surface area contributed by atoms with Crippen molar-refractivity contribution in [3.63, 3.8) is 0 Å². The van der Waals surface area contributed by atoms with E-state index in [9.17, 15) is 10.1 Å². The summed E-state index contributed by atoms with van der Waals surface area (Å²) in [6.07, 6.45) is 0. The van der Waals surface area contributed by atoms with Crippen LogP contribution in [0.1, 0.15) is 13.8 Å². The Morgan fingerprint density at radius 1 is 1.67 bits per heavy atom. The average molecular weight is 135 g/mol. The van der Waals surface area contributed by atoms with Gasteiger partial charge in [0.05, 0.1) is 0 Å². The van der Waals surface area contributed by atoms with Gasteiger partial charge in [-0.15, -0.1) is 0 Å². The van der Waals surface area contributed by atoms with Crippen LogP contribution in [-0.2, 0) is 0 Å². The van der Waals surface area contributed by atoms with Crippen molar-refractivity contribution in [1.82, 2.24) is 6.15 Å². The van der Waals surface area contributed by atoms with E-state index in [0.717, 1.165) is 0 Å². The fourth-order valence-corrected chi connectivity index (χ4v) is 0.230. The molecule has 0 atom stereocenters. The van der Waals surface area contributed by atoms with Crippen LogP contribution in [0.5, 0.6) is 0 Å². The first kappa shape index (κ1) is 11.0. The summed E-state index contributed by atoms with van der Waals surface area (Å²) in [5.41, 5.74) is 3.05. The summed E-state index contributed by atoms with van der Waals surface area (Å²) in [7, 11) is 0. The topological polar surface area (TPSA) is 93.7 Å². The van der Waals surface area contributed by atoms with E-state index < -0.39 is 5.03 Å². The van der Waals surface area contributed by atoms with Gasteiger partial charge in [-0.05, 0) is 5.03 Å². The van der Waals surface area contributed by atoms with Crippen molar-refractivity contribution >= 4 is 0 Å². The van der Waals surface area contributed by atoms with E-state index in [1.807, 2.05) is 13.8 Å². The molecule has 0 aromatic heterocycles. The molecule has 0 fully saturated rings. The van der Waals surface area contributed by atoms with Crippen LogP contribution in [0.4, 0.5) is 0 Å². The van der Waals surface area contributed by atoms with Crippen molar-refractivity contribution in [1.29, 1.82) is 0 Å². The van der Waals surface area contributed by atoms with Gasteiger partial charge < -0.3 is 11.6 Å². The first-order valence-electron chi connectivity index (χ1n) is 2.44. The summed E-state index contributed by atoms with van der Waals surface area (Å²) in [6, 6.07) is 0. The summed E-state index contributed by atoms with van der Waals surface area (Å²) in [6.45, 7) is 4.08. The monoisotopic (exact) mass is 135 g/mol. The number of hydrogen-bond acceptors (Lipinski definition) is 2. The number of rotatable bonds is 3. The molecule has 0 amide bonds. The van der Waals surface area contributed by atoms with Gasteiger partial charge in [0, 0.05) is 0 Å². The lowest BCUT2D eigenvalue weighted by Gasteiger charge is -2.10. The molecule has 0 bridgehead atoms. The van der Waals surface area contributed by atoms with Gasteiger partial charge >= 0.3 is 0 Å². The number of nitrogens with zero attached hydrogens (tertiary/aromatic N) is 2. The zero-order valence-electron chi connectivity index (χ0n) is 6.00. The second-order valence-electron chi connectivity index (χ2n) is 1.96. The third-order valence-electron chi connectivity index (χ3n) is 0.562. The molecule has 0 radical (unpaired) electrons. The Bertz CT molecular complexity index is 83.9. The molecule has 0 spiro atoms. The lowest BCUT2D eigenvalue weighted by molar-refractivity contribution is -0.427. The molecule has 0 aromatic rings. The zero-order chi connectivity index (χ0) is 6.57. The molecule has 0 saturated heterocycles. The minimum Gasteiger partial charge on any atom is -0.379 e. The van der Waals surface area contributed by atoms with Gasteiger partial charge in [-0.3, -0.25) is 10.1 Å². The van der Waals surface area contributed by atoms with Crippen LogP contribution in [0.3, 0.4) is 0 Å². The Labute approximate surface area is 54.1 Å². The fourth-order valence-electron chi connectivity index (χ4n) is 0.230. The minimum atomic E-state index is -0.653. The van der Waals surface area contributed by atoms with Crippen LogP contribution < -0.4 is 6.15 Å². The molecule has 0 unspecified atom stereocenters. The van der Waals surface area contributed by atoms with E-state index >= 15 is 0 Å². The first-order chi connectivity index (χ1) is 3.63. The van der Waals surface area contributed by atoms with Gasteiger partial charge in [0.1, 0.15) is 0 Å². The Kier molecular flexibility index (Phi) is 6.49. The molecule has 0 heterocycles.